The number of carbonyl (C=O) groups excluding carboxylic acids is 3. The zero-order valence-electron chi connectivity index (χ0n) is 19.1. The van der Waals surface area contributed by atoms with Crippen LogP contribution in [0, 0.1) is 0 Å². The van der Waals surface area contributed by atoms with E-state index in [0.29, 0.717) is 18.8 Å². The molecule has 3 unspecified atom stereocenters. The van der Waals surface area contributed by atoms with Crippen molar-refractivity contribution in [1.29, 1.82) is 0 Å². The highest BCUT2D eigenvalue weighted by atomic mass is 16.6. The van der Waals surface area contributed by atoms with Crippen LogP contribution in [0.5, 0.6) is 0 Å². The predicted octanol–water partition coefficient (Wildman–Crippen LogP) is 0.911. The molecule has 3 rings (SSSR count). The Labute approximate surface area is 188 Å². The first-order chi connectivity index (χ1) is 15.1. The largest absolute Gasteiger partial charge is 0.458 e. The van der Waals surface area contributed by atoms with E-state index in [0.717, 1.165) is 12.0 Å². The van der Waals surface area contributed by atoms with E-state index < -0.39 is 29.7 Å². The van der Waals surface area contributed by atoms with Crippen molar-refractivity contribution in [3.63, 3.8) is 0 Å². The highest BCUT2D eigenvalue weighted by molar-refractivity contribution is 6.00. The van der Waals surface area contributed by atoms with Crippen LogP contribution in [0.25, 0.3) is 0 Å². The number of ether oxygens (including phenoxy) is 3. The third-order valence-corrected chi connectivity index (χ3v) is 5.47. The molecule has 32 heavy (non-hydrogen) atoms. The van der Waals surface area contributed by atoms with Gasteiger partial charge in [-0.25, -0.2) is 4.79 Å². The molecule has 9 nitrogen and oxygen atoms in total. The maximum absolute atomic E-state index is 13.0. The van der Waals surface area contributed by atoms with Gasteiger partial charge in [0.25, 0.3) is 5.91 Å². The van der Waals surface area contributed by atoms with Crippen LogP contribution >= 0.6 is 0 Å². The van der Waals surface area contributed by atoms with E-state index in [4.69, 9.17) is 14.2 Å². The predicted molar refractivity (Wildman–Crippen MR) is 116 cm³/mol. The summed E-state index contributed by atoms with van der Waals surface area (Å²) >= 11 is 0. The summed E-state index contributed by atoms with van der Waals surface area (Å²) in [6, 6.07) is 7.15. The fourth-order valence-electron chi connectivity index (χ4n) is 3.84. The van der Waals surface area contributed by atoms with E-state index in [1.165, 1.54) is 4.90 Å². The molecule has 2 fully saturated rings. The Morgan fingerprint density at radius 3 is 2.69 bits per heavy atom. The number of aliphatic hydroxyl groups excluding tert-OH is 1. The van der Waals surface area contributed by atoms with Crippen molar-refractivity contribution in [3.05, 3.63) is 29.8 Å². The highest BCUT2D eigenvalue weighted by Crippen LogP contribution is 2.23. The van der Waals surface area contributed by atoms with Crippen LogP contribution < -0.4 is 4.90 Å². The van der Waals surface area contributed by atoms with Gasteiger partial charge >= 0.3 is 5.97 Å². The van der Waals surface area contributed by atoms with Gasteiger partial charge in [0.1, 0.15) is 5.60 Å². The minimum absolute atomic E-state index is 0.00762. The Hall–Kier alpha value is -2.49. The lowest BCUT2D eigenvalue weighted by Gasteiger charge is -2.34. The summed E-state index contributed by atoms with van der Waals surface area (Å²) in [5, 5.41) is 10.4. The zero-order valence-corrected chi connectivity index (χ0v) is 19.1. The molecule has 1 aromatic carbocycles. The molecule has 2 aliphatic heterocycles. The van der Waals surface area contributed by atoms with Gasteiger partial charge in [-0.05, 0) is 44.9 Å². The van der Waals surface area contributed by atoms with Gasteiger partial charge in [0, 0.05) is 32.4 Å². The number of nitrogens with zero attached hydrogens (tertiary/aromatic N) is 2. The summed E-state index contributed by atoms with van der Waals surface area (Å²) < 4.78 is 15.9. The quantitative estimate of drug-likeness (QED) is 0.645. The van der Waals surface area contributed by atoms with Gasteiger partial charge in [0.05, 0.1) is 19.1 Å². The molecule has 2 amide bonds. The summed E-state index contributed by atoms with van der Waals surface area (Å²) in [7, 11) is 1.65. The monoisotopic (exact) mass is 448 g/mol. The van der Waals surface area contributed by atoms with Crippen LogP contribution in [0.4, 0.5) is 5.69 Å². The minimum atomic E-state index is -1.72. The third-order valence-electron chi connectivity index (χ3n) is 5.47. The lowest BCUT2D eigenvalue weighted by Crippen LogP contribution is -2.55. The number of morpholine rings is 1. The minimum Gasteiger partial charge on any atom is -0.458 e. The Kier molecular flexibility index (Phi) is 7.53. The van der Waals surface area contributed by atoms with Gasteiger partial charge in [-0.15, -0.1) is 0 Å². The number of benzene rings is 1. The maximum atomic E-state index is 13.0. The van der Waals surface area contributed by atoms with Crippen molar-refractivity contribution in [2.24, 2.45) is 0 Å². The van der Waals surface area contributed by atoms with Gasteiger partial charge in [0.15, 0.2) is 12.2 Å². The lowest BCUT2D eigenvalue weighted by molar-refractivity contribution is -0.177. The molecule has 0 radical (unpaired) electrons. The standard InChI is InChI=1S/C23H32N2O7/c1-23(2,3)32-22(29)19(27)20-21(28)25(10-11-31-20)16-7-5-6-15(12-16)13-18(26)24-9-8-17(14-24)30-4/h5-7,12,17,19-20,27H,8-11,13-14H2,1-4H3. The summed E-state index contributed by atoms with van der Waals surface area (Å²) in [6.07, 6.45) is -1.96. The number of anilines is 1. The van der Waals surface area contributed by atoms with Crippen molar-refractivity contribution in [1.82, 2.24) is 4.90 Å². The Bertz CT molecular complexity index is 851. The number of likely N-dealkylation sites (tertiary alicyclic amines) is 1. The van der Waals surface area contributed by atoms with Gasteiger partial charge in [-0.2, -0.15) is 0 Å². The molecule has 2 saturated heterocycles. The van der Waals surface area contributed by atoms with Crippen LogP contribution in [-0.2, 0) is 35.0 Å². The topological polar surface area (TPSA) is 106 Å². The van der Waals surface area contributed by atoms with Crippen molar-refractivity contribution in [3.8, 4) is 0 Å². The number of methoxy groups -OCH3 is 1. The van der Waals surface area contributed by atoms with Crippen LogP contribution in [0.15, 0.2) is 24.3 Å². The highest BCUT2D eigenvalue weighted by Gasteiger charge is 2.41. The molecule has 176 valence electrons. The fraction of sp³-hybridized carbons (Fsp3) is 0.609. The van der Waals surface area contributed by atoms with E-state index in [9.17, 15) is 19.5 Å². The lowest BCUT2D eigenvalue weighted by atomic mass is 10.1. The number of hydrogen-bond acceptors (Lipinski definition) is 7. The molecular weight excluding hydrogens is 416 g/mol. The van der Waals surface area contributed by atoms with Crippen molar-refractivity contribution in [2.45, 2.75) is 57.5 Å². The zero-order chi connectivity index (χ0) is 23.5. The fourth-order valence-corrected chi connectivity index (χ4v) is 3.84. The molecule has 0 saturated carbocycles. The number of esters is 1. The number of amides is 2. The average molecular weight is 449 g/mol. The molecule has 2 heterocycles. The van der Waals surface area contributed by atoms with E-state index in [1.807, 2.05) is 6.07 Å². The third kappa shape index (κ3) is 5.85. The first-order valence-electron chi connectivity index (χ1n) is 10.8. The van der Waals surface area contributed by atoms with E-state index in [1.54, 1.807) is 51.0 Å². The number of aliphatic hydroxyl groups is 1. The molecule has 0 spiro atoms. The van der Waals surface area contributed by atoms with Gasteiger partial charge in [-0.3, -0.25) is 9.59 Å². The molecule has 0 aromatic heterocycles. The molecule has 2 aliphatic rings. The van der Waals surface area contributed by atoms with E-state index >= 15 is 0 Å². The normalized spacial score (nSPS) is 22.7. The summed E-state index contributed by atoms with van der Waals surface area (Å²) in [5.74, 6) is -1.43. The second-order valence-corrected chi connectivity index (χ2v) is 9.09. The molecule has 0 bridgehead atoms. The summed E-state index contributed by atoms with van der Waals surface area (Å²) in [6.45, 7) is 6.72. The second kappa shape index (κ2) is 9.97. The Morgan fingerprint density at radius 1 is 1.28 bits per heavy atom. The average Bonchev–Trinajstić information content (AvgIpc) is 3.22. The van der Waals surface area contributed by atoms with Crippen LogP contribution in [0.1, 0.15) is 32.8 Å². The molecule has 1 aromatic rings. The number of rotatable bonds is 6. The molecule has 3 atom stereocenters. The first-order valence-corrected chi connectivity index (χ1v) is 10.8. The molecule has 0 aliphatic carbocycles. The molecule has 1 N–H and O–H groups in total. The molecular formula is C23H32N2O7. The van der Waals surface area contributed by atoms with Crippen molar-refractivity contribution < 1.29 is 33.7 Å². The summed E-state index contributed by atoms with van der Waals surface area (Å²) in [5.41, 5.74) is 0.563. The Morgan fingerprint density at radius 2 is 2.03 bits per heavy atom. The van der Waals surface area contributed by atoms with Gasteiger partial charge in [0.2, 0.25) is 5.91 Å². The van der Waals surface area contributed by atoms with Crippen LogP contribution in [0.2, 0.25) is 0 Å². The maximum Gasteiger partial charge on any atom is 0.338 e. The first kappa shape index (κ1) is 24.2. The SMILES string of the molecule is COC1CCN(C(=O)Cc2cccc(N3CCOC(C(O)C(=O)OC(C)(C)C)C3=O)c2)C1. The molecule has 9 heteroatoms. The van der Waals surface area contributed by atoms with Crippen molar-refractivity contribution >= 4 is 23.5 Å². The van der Waals surface area contributed by atoms with E-state index in [2.05, 4.69) is 0 Å². The summed E-state index contributed by atoms with van der Waals surface area (Å²) in [4.78, 5) is 41.1. The van der Waals surface area contributed by atoms with Crippen molar-refractivity contribution in [2.75, 3.05) is 38.3 Å². The number of hydrogen-bond donors (Lipinski definition) is 1. The second-order valence-electron chi connectivity index (χ2n) is 9.09. The van der Waals surface area contributed by atoms with Gasteiger partial charge < -0.3 is 29.1 Å². The van der Waals surface area contributed by atoms with E-state index in [-0.39, 0.29) is 31.6 Å². The van der Waals surface area contributed by atoms with Crippen LogP contribution in [0.3, 0.4) is 0 Å². The smallest absolute Gasteiger partial charge is 0.338 e. The Balaban J connectivity index is 1.68. The number of carbonyl (C=O) groups is 3. The van der Waals surface area contributed by atoms with Gasteiger partial charge in [-0.1, -0.05) is 12.1 Å². The van der Waals surface area contributed by atoms with Crippen LogP contribution in [-0.4, -0.2) is 85.1 Å².